The molecule has 2 aliphatic rings. The minimum atomic E-state index is -0.137. The van der Waals surface area contributed by atoms with Gasteiger partial charge in [0.2, 0.25) is 5.91 Å². The maximum absolute atomic E-state index is 12.1. The summed E-state index contributed by atoms with van der Waals surface area (Å²) in [7, 11) is 1.59. The van der Waals surface area contributed by atoms with E-state index in [1.807, 2.05) is 0 Å². The number of hydrogen-bond acceptors (Lipinski definition) is 3. The molecule has 5 heteroatoms. The first-order valence-corrected chi connectivity index (χ1v) is 8.40. The van der Waals surface area contributed by atoms with E-state index in [2.05, 4.69) is 10.6 Å². The van der Waals surface area contributed by atoms with Gasteiger partial charge in [-0.1, -0.05) is 12.8 Å². The molecule has 2 fully saturated rings. The molecule has 23 heavy (non-hydrogen) atoms. The predicted molar refractivity (Wildman–Crippen MR) is 87.3 cm³/mol. The van der Waals surface area contributed by atoms with Crippen molar-refractivity contribution in [2.45, 2.75) is 25.7 Å². The van der Waals surface area contributed by atoms with Crippen molar-refractivity contribution < 1.29 is 14.3 Å². The Labute approximate surface area is 136 Å². The first-order valence-electron chi connectivity index (χ1n) is 8.40. The van der Waals surface area contributed by atoms with Gasteiger partial charge in [0, 0.05) is 24.6 Å². The quantitative estimate of drug-likeness (QED) is 0.789. The van der Waals surface area contributed by atoms with E-state index in [1.54, 1.807) is 31.4 Å². The van der Waals surface area contributed by atoms with E-state index in [0.717, 1.165) is 5.75 Å². The first-order chi connectivity index (χ1) is 11.2. The summed E-state index contributed by atoms with van der Waals surface area (Å²) >= 11 is 0. The molecule has 2 unspecified atom stereocenters. The predicted octanol–water partition coefficient (Wildman–Crippen LogP) is 1.98. The van der Waals surface area contributed by atoms with E-state index in [0.29, 0.717) is 30.5 Å². The lowest BCUT2D eigenvalue weighted by atomic mass is 10.0. The van der Waals surface area contributed by atoms with Gasteiger partial charge in [-0.3, -0.25) is 9.59 Å². The van der Waals surface area contributed by atoms with E-state index >= 15 is 0 Å². The highest BCUT2D eigenvalue weighted by Gasteiger charge is 2.54. The number of rotatable bonds is 6. The number of carbonyl (C=O) groups excluding carboxylic acids is 2. The van der Waals surface area contributed by atoms with Gasteiger partial charge < -0.3 is 15.4 Å². The molecule has 5 nitrogen and oxygen atoms in total. The van der Waals surface area contributed by atoms with Crippen molar-refractivity contribution in [3.05, 3.63) is 29.8 Å². The molecular weight excluding hydrogens is 292 g/mol. The third kappa shape index (κ3) is 3.66. The summed E-state index contributed by atoms with van der Waals surface area (Å²) in [6.07, 6.45) is 4.94. The number of carbonyl (C=O) groups is 2. The monoisotopic (exact) mass is 316 g/mol. The Kier molecular flexibility index (Phi) is 4.84. The second-order valence-corrected chi connectivity index (χ2v) is 6.41. The summed E-state index contributed by atoms with van der Waals surface area (Å²) in [5, 5.41) is 5.77. The molecule has 3 rings (SSSR count). The molecule has 0 aliphatic heterocycles. The Morgan fingerprint density at radius 3 is 2.26 bits per heavy atom. The zero-order chi connectivity index (χ0) is 16.2. The van der Waals surface area contributed by atoms with Gasteiger partial charge in [0.1, 0.15) is 5.75 Å². The highest BCUT2D eigenvalue weighted by atomic mass is 16.5. The van der Waals surface area contributed by atoms with Gasteiger partial charge in [0.15, 0.2) is 0 Å². The first kappa shape index (κ1) is 15.8. The fourth-order valence-electron chi connectivity index (χ4n) is 3.71. The standard InChI is InChI=1S/C18H24N2O3/c1-23-13-8-6-12(7-9-13)17(21)19-10-11-20-18(22)16-14-4-2-3-5-15(14)16/h6-9,14-16H,2-5,10-11H2,1H3,(H,19,21)(H,20,22). The van der Waals surface area contributed by atoms with Gasteiger partial charge in [0.25, 0.3) is 5.91 Å². The highest BCUT2D eigenvalue weighted by molar-refractivity contribution is 5.94. The van der Waals surface area contributed by atoms with Crippen LogP contribution in [0, 0.1) is 17.8 Å². The fraction of sp³-hybridized carbons (Fsp3) is 0.556. The smallest absolute Gasteiger partial charge is 0.251 e. The SMILES string of the molecule is COc1ccc(C(=O)NCCNC(=O)C2C3CCCCC32)cc1. The zero-order valence-corrected chi connectivity index (χ0v) is 13.5. The van der Waals surface area contributed by atoms with Crippen LogP contribution in [-0.4, -0.2) is 32.0 Å². The Morgan fingerprint density at radius 1 is 1.04 bits per heavy atom. The molecule has 0 radical (unpaired) electrons. The normalized spacial score (nSPS) is 25.2. The Bertz CT molecular complexity index is 558. The molecule has 124 valence electrons. The van der Waals surface area contributed by atoms with E-state index in [1.165, 1.54) is 25.7 Å². The Morgan fingerprint density at radius 2 is 1.65 bits per heavy atom. The molecule has 2 aliphatic carbocycles. The van der Waals surface area contributed by atoms with Crippen LogP contribution >= 0.6 is 0 Å². The minimum Gasteiger partial charge on any atom is -0.497 e. The van der Waals surface area contributed by atoms with Gasteiger partial charge in [0.05, 0.1) is 7.11 Å². The van der Waals surface area contributed by atoms with E-state index in [9.17, 15) is 9.59 Å². The molecule has 0 heterocycles. The van der Waals surface area contributed by atoms with Crippen molar-refractivity contribution in [2.75, 3.05) is 20.2 Å². The summed E-state index contributed by atoms with van der Waals surface area (Å²) in [5.41, 5.74) is 0.588. The number of benzene rings is 1. The second-order valence-electron chi connectivity index (χ2n) is 6.41. The number of fused-ring (bicyclic) bond motifs is 1. The number of ether oxygens (including phenoxy) is 1. The average molecular weight is 316 g/mol. The lowest BCUT2D eigenvalue weighted by Crippen LogP contribution is -2.35. The van der Waals surface area contributed by atoms with Crippen molar-refractivity contribution in [3.63, 3.8) is 0 Å². The van der Waals surface area contributed by atoms with E-state index in [-0.39, 0.29) is 17.7 Å². The summed E-state index contributed by atoms with van der Waals surface area (Å²) in [6, 6.07) is 6.96. The third-order valence-corrected chi connectivity index (χ3v) is 5.02. The average Bonchev–Trinajstić information content (AvgIpc) is 3.33. The van der Waals surface area contributed by atoms with Crippen molar-refractivity contribution in [3.8, 4) is 5.75 Å². The molecule has 0 aromatic heterocycles. The highest BCUT2D eigenvalue weighted by Crippen LogP contribution is 2.55. The van der Waals surface area contributed by atoms with Crippen LogP contribution in [0.3, 0.4) is 0 Å². The topological polar surface area (TPSA) is 67.4 Å². The number of amides is 2. The van der Waals surface area contributed by atoms with Gasteiger partial charge in [-0.2, -0.15) is 0 Å². The van der Waals surface area contributed by atoms with Crippen molar-refractivity contribution in [1.29, 1.82) is 0 Å². The molecule has 1 aromatic rings. The van der Waals surface area contributed by atoms with Gasteiger partial charge in [-0.25, -0.2) is 0 Å². The second kappa shape index (κ2) is 7.02. The molecule has 0 spiro atoms. The number of nitrogens with one attached hydrogen (secondary N) is 2. The molecule has 2 saturated carbocycles. The molecule has 1 aromatic carbocycles. The maximum Gasteiger partial charge on any atom is 0.251 e. The van der Waals surface area contributed by atoms with E-state index in [4.69, 9.17) is 4.74 Å². The van der Waals surface area contributed by atoms with Crippen LogP contribution in [-0.2, 0) is 4.79 Å². The van der Waals surface area contributed by atoms with Crippen molar-refractivity contribution >= 4 is 11.8 Å². The third-order valence-electron chi connectivity index (χ3n) is 5.02. The molecule has 2 atom stereocenters. The lowest BCUT2D eigenvalue weighted by Gasteiger charge is -2.07. The zero-order valence-electron chi connectivity index (χ0n) is 13.5. The van der Waals surface area contributed by atoms with Crippen LogP contribution in [0.2, 0.25) is 0 Å². The number of methoxy groups -OCH3 is 1. The summed E-state index contributed by atoms with van der Waals surface area (Å²) < 4.78 is 5.06. The Balaban J connectivity index is 1.36. The summed E-state index contributed by atoms with van der Waals surface area (Å²) in [5.74, 6) is 2.23. The van der Waals surface area contributed by atoms with Crippen molar-refractivity contribution in [2.24, 2.45) is 17.8 Å². The fourth-order valence-corrected chi connectivity index (χ4v) is 3.71. The van der Waals surface area contributed by atoms with E-state index < -0.39 is 0 Å². The number of hydrogen-bond donors (Lipinski definition) is 2. The van der Waals surface area contributed by atoms with Crippen LogP contribution in [0.1, 0.15) is 36.0 Å². The van der Waals surface area contributed by atoms with Crippen LogP contribution in [0.25, 0.3) is 0 Å². The summed E-state index contributed by atoms with van der Waals surface area (Å²) in [4.78, 5) is 24.1. The largest absolute Gasteiger partial charge is 0.497 e. The molecular formula is C18H24N2O3. The van der Waals surface area contributed by atoms with Gasteiger partial charge in [-0.05, 0) is 48.9 Å². The van der Waals surface area contributed by atoms with Gasteiger partial charge in [-0.15, -0.1) is 0 Å². The molecule has 0 bridgehead atoms. The maximum atomic E-state index is 12.1. The van der Waals surface area contributed by atoms with Crippen LogP contribution in [0.5, 0.6) is 5.75 Å². The van der Waals surface area contributed by atoms with Crippen LogP contribution in [0.15, 0.2) is 24.3 Å². The molecule has 2 amide bonds. The van der Waals surface area contributed by atoms with Crippen LogP contribution in [0.4, 0.5) is 0 Å². The van der Waals surface area contributed by atoms with Crippen molar-refractivity contribution in [1.82, 2.24) is 10.6 Å². The summed E-state index contributed by atoms with van der Waals surface area (Å²) in [6.45, 7) is 0.926. The lowest BCUT2D eigenvalue weighted by molar-refractivity contribution is -0.122. The van der Waals surface area contributed by atoms with Crippen LogP contribution < -0.4 is 15.4 Å². The van der Waals surface area contributed by atoms with Gasteiger partial charge >= 0.3 is 0 Å². The molecule has 2 N–H and O–H groups in total. The molecule has 0 saturated heterocycles. The Hall–Kier alpha value is -2.04. The minimum absolute atomic E-state index is 0.137.